The summed E-state index contributed by atoms with van der Waals surface area (Å²) < 4.78 is 0. The molecule has 2 N–H and O–H groups in total. The summed E-state index contributed by atoms with van der Waals surface area (Å²) in [4.78, 5) is 16.0. The first-order valence-electron chi connectivity index (χ1n) is 6.65. The molecular formula is C14H21N3O2. The van der Waals surface area contributed by atoms with E-state index in [1.54, 1.807) is 0 Å². The minimum Gasteiger partial charge on any atom is -0.395 e. The maximum atomic E-state index is 12.1. The van der Waals surface area contributed by atoms with Gasteiger partial charge in [0.05, 0.1) is 6.61 Å². The third-order valence-electron chi connectivity index (χ3n) is 3.38. The smallest absolute Gasteiger partial charge is 0.321 e. The first-order chi connectivity index (χ1) is 9.19. The van der Waals surface area contributed by atoms with E-state index in [2.05, 4.69) is 10.2 Å². The molecule has 1 saturated heterocycles. The second-order valence-electron chi connectivity index (χ2n) is 4.85. The van der Waals surface area contributed by atoms with Gasteiger partial charge in [-0.05, 0) is 19.1 Å². The Morgan fingerprint density at radius 3 is 2.42 bits per heavy atom. The van der Waals surface area contributed by atoms with Crippen LogP contribution in [0.4, 0.5) is 10.5 Å². The quantitative estimate of drug-likeness (QED) is 0.859. The Labute approximate surface area is 113 Å². The van der Waals surface area contributed by atoms with Gasteiger partial charge < -0.3 is 15.3 Å². The number of urea groups is 1. The first-order valence-corrected chi connectivity index (χ1v) is 6.65. The molecule has 1 aliphatic heterocycles. The van der Waals surface area contributed by atoms with Gasteiger partial charge >= 0.3 is 6.03 Å². The Balaban J connectivity index is 1.83. The molecule has 0 atom stereocenters. The Bertz CT molecular complexity index is 411. The first kappa shape index (κ1) is 13.8. The molecular weight excluding hydrogens is 242 g/mol. The number of rotatable bonds is 3. The molecule has 2 amide bonds. The number of aryl methyl sites for hydroxylation is 1. The number of amides is 2. The van der Waals surface area contributed by atoms with E-state index in [0.29, 0.717) is 19.6 Å². The molecule has 1 aliphatic rings. The monoisotopic (exact) mass is 263 g/mol. The van der Waals surface area contributed by atoms with Gasteiger partial charge in [-0.3, -0.25) is 4.90 Å². The molecule has 5 heteroatoms. The molecule has 0 unspecified atom stereocenters. The van der Waals surface area contributed by atoms with Crippen molar-refractivity contribution in [2.75, 3.05) is 44.6 Å². The van der Waals surface area contributed by atoms with Crippen LogP contribution in [0.2, 0.25) is 0 Å². The van der Waals surface area contributed by atoms with Gasteiger partial charge in [-0.2, -0.15) is 0 Å². The zero-order chi connectivity index (χ0) is 13.7. The number of nitrogens with one attached hydrogen (secondary N) is 1. The molecule has 0 aromatic heterocycles. The van der Waals surface area contributed by atoms with Crippen LogP contribution >= 0.6 is 0 Å². The van der Waals surface area contributed by atoms with Crippen molar-refractivity contribution in [2.45, 2.75) is 6.92 Å². The normalized spacial score (nSPS) is 16.4. The predicted octanol–water partition coefficient (Wildman–Crippen LogP) is 1.14. The van der Waals surface area contributed by atoms with Crippen molar-refractivity contribution in [3.8, 4) is 0 Å². The van der Waals surface area contributed by atoms with Crippen LogP contribution in [0, 0.1) is 6.92 Å². The lowest BCUT2D eigenvalue weighted by atomic mass is 10.2. The number of carbonyl (C=O) groups excluding carboxylic acids is 1. The van der Waals surface area contributed by atoms with Crippen LogP contribution in [0.3, 0.4) is 0 Å². The highest BCUT2D eigenvalue weighted by atomic mass is 16.3. The van der Waals surface area contributed by atoms with Gasteiger partial charge in [-0.15, -0.1) is 0 Å². The Morgan fingerprint density at radius 2 is 1.84 bits per heavy atom. The van der Waals surface area contributed by atoms with Crippen molar-refractivity contribution in [1.82, 2.24) is 9.80 Å². The van der Waals surface area contributed by atoms with Crippen molar-refractivity contribution in [1.29, 1.82) is 0 Å². The fourth-order valence-electron chi connectivity index (χ4n) is 2.16. The molecule has 1 aromatic rings. The van der Waals surface area contributed by atoms with Gasteiger partial charge in [0.1, 0.15) is 0 Å². The lowest BCUT2D eigenvalue weighted by Crippen LogP contribution is -2.50. The Hall–Kier alpha value is -1.59. The number of hydrogen-bond donors (Lipinski definition) is 2. The van der Waals surface area contributed by atoms with Gasteiger partial charge in [0.2, 0.25) is 0 Å². The number of hydrogen-bond acceptors (Lipinski definition) is 3. The van der Waals surface area contributed by atoms with Crippen LogP contribution in [-0.2, 0) is 0 Å². The third-order valence-corrected chi connectivity index (χ3v) is 3.38. The van der Waals surface area contributed by atoms with E-state index in [1.807, 2.05) is 36.1 Å². The number of benzene rings is 1. The lowest BCUT2D eigenvalue weighted by molar-refractivity contribution is 0.127. The van der Waals surface area contributed by atoms with Crippen LogP contribution in [0.1, 0.15) is 5.56 Å². The van der Waals surface area contributed by atoms with E-state index in [9.17, 15) is 4.79 Å². The number of anilines is 1. The largest absolute Gasteiger partial charge is 0.395 e. The molecule has 2 rings (SSSR count). The Morgan fingerprint density at radius 1 is 1.21 bits per heavy atom. The highest BCUT2D eigenvalue weighted by Crippen LogP contribution is 2.10. The molecule has 1 aromatic carbocycles. The molecule has 0 aliphatic carbocycles. The summed E-state index contributed by atoms with van der Waals surface area (Å²) in [5, 5.41) is 11.8. The minimum atomic E-state index is -0.0486. The summed E-state index contributed by atoms with van der Waals surface area (Å²) in [5.41, 5.74) is 2.00. The van der Waals surface area contributed by atoms with E-state index in [-0.39, 0.29) is 12.6 Å². The van der Waals surface area contributed by atoms with Crippen molar-refractivity contribution < 1.29 is 9.90 Å². The van der Waals surface area contributed by atoms with Crippen molar-refractivity contribution >= 4 is 11.7 Å². The average Bonchev–Trinajstić information content (AvgIpc) is 2.42. The number of β-amino-alcohol motifs (C(OH)–C–C–N with tert-alkyl or cyclic N) is 1. The van der Waals surface area contributed by atoms with Gasteiger partial charge in [0, 0.05) is 38.4 Å². The fraction of sp³-hybridized carbons (Fsp3) is 0.500. The van der Waals surface area contributed by atoms with Crippen LogP contribution < -0.4 is 5.32 Å². The second-order valence-corrected chi connectivity index (χ2v) is 4.85. The maximum Gasteiger partial charge on any atom is 0.321 e. The molecule has 0 bridgehead atoms. The number of piperazine rings is 1. The molecule has 0 spiro atoms. The number of carbonyl (C=O) groups is 1. The van der Waals surface area contributed by atoms with Crippen molar-refractivity contribution in [2.24, 2.45) is 0 Å². The predicted molar refractivity (Wildman–Crippen MR) is 75.3 cm³/mol. The van der Waals surface area contributed by atoms with Crippen molar-refractivity contribution in [3.63, 3.8) is 0 Å². The van der Waals surface area contributed by atoms with Crippen LogP contribution in [-0.4, -0.2) is 60.3 Å². The van der Waals surface area contributed by atoms with E-state index < -0.39 is 0 Å². The standard InChI is InChI=1S/C14H21N3O2/c1-12-2-4-13(5-3-12)15-14(19)17-8-6-16(7-9-17)10-11-18/h2-5,18H,6-11H2,1H3,(H,15,19). The van der Waals surface area contributed by atoms with Gasteiger partial charge in [0.15, 0.2) is 0 Å². The summed E-state index contributed by atoms with van der Waals surface area (Å²) in [7, 11) is 0. The second kappa shape index (κ2) is 6.54. The zero-order valence-corrected chi connectivity index (χ0v) is 11.3. The lowest BCUT2D eigenvalue weighted by Gasteiger charge is -2.34. The zero-order valence-electron chi connectivity index (χ0n) is 11.3. The summed E-state index contributed by atoms with van der Waals surface area (Å²) >= 11 is 0. The molecule has 5 nitrogen and oxygen atoms in total. The molecule has 19 heavy (non-hydrogen) atoms. The summed E-state index contributed by atoms with van der Waals surface area (Å²) in [6, 6.07) is 7.74. The molecule has 1 fully saturated rings. The Kier molecular flexibility index (Phi) is 4.76. The van der Waals surface area contributed by atoms with Gasteiger partial charge in [-0.25, -0.2) is 4.79 Å². The third kappa shape index (κ3) is 3.94. The maximum absolute atomic E-state index is 12.1. The summed E-state index contributed by atoms with van der Waals surface area (Å²) in [6.07, 6.45) is 0. The van der Waals surface area contributed by atoms with Gasteiger partial charge in [0.25, 0.3) is 0 Å². The summed E-state index contributed by atoms with van der Waals surface area (Å²) in [6.45, 7) is 5.94. The van der Waals surface area contributed by atoms with Crippen LogP contribution in [0.5, 0.6) is 0 Å². The molecule has 0 radical (unpaired) electrons. The molecule has 0 saturated carbocycles. The number of aliphatic hydroxyl groups is 1. The SMILES string of the molecule is Cc1ccc(NC(=O)N2CCN(CCO)CC2)cc1. The highest BCUT2D eigenvalue weighted by molar-refractivity contribution is 5.89. The van der Waals surface area contributed by atoms with Crippen molar-refractivity contribution in [3.05, 3.63) is 29.8 Å². The number of nitrogens with zero attached hydrogens (tertiary/aromatic N) is 2. The van der Waals surface area contributed by atoms with Crippen LogP contribution in [0.15, 0.2) is 24.3 Å². The average molecular weight is 263 g/mol. The van der Waals surface area contributed by atoms with E-state index in [1.165, 1.54) is 5.56 Å². The highest BCUT2D eigenvalue weighted by Gasteiger charge is 2.20. The minimum absolute atomic E-state index is 0.0486. The molecule has 1 heterocycles. The van der Waals surface area contributed by atoms with Gasteiger partial charge in [-0.1, -0.05) is 17.7 Å². The molecule has 104 valence electrons. The van der Waals surface area contributed by atoms with E-state index >= 15 is 0 Å². The van der Waals surface area contributed by atoms with Crippen LogP contribution in [0.25, 0.3) is 0 Å². The fourth-order valence-corrected chi connectivity index (χ4v) is 2.16. The van der Waals surface area contributed by atoms with E-state index in [0.717, 1.165) is 18.8 Å². The topological polar surface area (TPSA) is 55.8 Å². The summed E-state index contributed by atoms with van der Waals surface area (Å²) in [5.74, 6) is 0. The number of aliphatic hydroxyl groups excluding tert-OH is 1. The van der Waals surface area contributed by atoms with E-state index in [4.69, 9.17) is 5.11 Å².